The van der Waals surface area contributed by atoms with Crippen molar-refractivity contribution >= 4 is 0 Å². The Morgan fingerprint density at radius 3 is 1.86 bits per heavy atom. The van der Waals surface area contributed by atoms with E-state index < -0.39 is 0 Å². The molecule has 0 unspecified atom stereocenters. The van der Waals surface area contributed by atoms with Gasteiger partial charge in [0.1, 0.15) is 5.75 Å². The second-order valence-corrected chi connectivity index (χ2v) is 6.17. The van der Waals surface area contributed by atoms with Gasteiger partial charge in [-0.2, -0.15) is 0 Å². The summed E-state index contributed by atoms with van der Waals surface area (Å²) in [7, 11) is 0. The summed E-state index contributed by atoms with van der Waals surface area (Å²) in [5, 5.41) is 10.5. The molecule has 0 saturated heterocycles. The summed E-state index contributed by atoms with van der Waals surface area (Å²) in [5.74, 6) is 0.429. The molecule has 1 N–H and O–H groups in total. The summed E-state index contributed by atoms with van der Waals surface area (Å²) >= 11 is 0. The van der Waals surface area contributed by atoms with Gasteiger partial charge in [-0.1, -0.05) is 88.1 Å². The fourth-order valence-corrected chi connectivity index (χ4v) is 3.43. The first-order valence-electron chi connectivity index (χ1n) is 8.58. The molecule has 0 spiro atoms. The zero-order valence-corrected chi connectivity index (χ0v) is 13.9. The number of hydrogen-bond donors (Lipinski definition) is 1. The van der Waals surface area contributed by atoms with Crippen molar-refractivity contribution < 1.29 is 5.11 Å². The molecule has 0 bridgehead atoms. The normalized spacial score (nSPS) is 11.5. The summed E-state index contributed by atoms with van der Waals surface area (Å²) in [4.78, 5) is 0. The zero-order valence-electron chi connectivity index (χ0n) is 13.9. The van der Waals surface area contributed by atoms with E-state index in [0.29, 0.717) is 5.75 Å². The number of benzene rings is 2. The lowest BCUT2D eigenvalue weighted by atomic mass is 9.67. The van der Waals surface area contributed by atoms with E-state index in [1.165, 1.54) is 31.2 Å². The molecular weight excluding hydrogens is 268 g/mol. The van der Waals surface area contributed by atoms with Crippen LogP contribution in [0.4, 0.5) is 0 Å². The Morgan fingerprint density at radius 1 is 0.773 bits per heavy atom. The molecule has 0 aromatic heterocycles. The third-order valence-corrected chi connectivity index (χ3v) is 4.66. The van der Waals surface area contributed by atoms with E-state index in [9.17, 15) is 5.11 Å². The lowest BCUT2D eigenvalue weighted by molar-refractivity contribution is 0.380. The van der Waals surface area contributed by atoms with Crippen LogP contribution in [0.25, 0.3) is 0 Å². The average Bonchev–Trinajstić information content (AvgIpc) is 2.57. The lowest BCUT2D eigenvalue weighted by Gasteiger charge is -2.36. The van der Waals surface area contributed by atoms with Gasteiger partial charge in [0.2, 0.25) is 0 Å². The summed E-state index contributed by atoms with van der Waals surface area (Å²) in [6, 6.07) is 18.6. The molecule has 1 heteroatoms. The first kappa shape index (κ1) is 16.6. The molecular formula is C21H28O. The van der Waals surface area contributed by atoms with E-state index in [1.807, 2.05) is 18.2 Å². The number of para-hydroxylation sites is 1. The maximum absolute atomic E-state index is 10.5. The van der Waals surface area contributed by atoms with Crippen LogP contribution >= 0.6 is 0 Å². The molecule has 0 amide bonds. The van der Waals surface area contributed by atoms with E-state index in [2.05, 4.69) is 50.2 Å². The molecule has 0 heterocycles. The Labute approximate surface area is 135 Å². The molecule has 1 nitrogen and oxygen atoms in total. The molecule has 2 rings (SSSR count). The van der Waals surface area contributed by atoms with E-state index in [-0.39, 0.29) is 5.41 Å². The maximum atomic E-state index is 10.5. The summed E-state index contributed by atoms with van der Waals surface area (Å²) < 4.78 is 0. The Hall–Kier alpha value is -1.76. The van der Waals surface area contributed by atoms with E-state index in [4.69, 9.17) is 0 Å². The van der Waals surface area contributed by atoms with Crippen molar-refractivity contribution in [1.82, 2.24) is 0 Å². The second-order valence-electron chi connectivity index (χ2n) is 6.17. The third-order valence-electron chi connectivity index (χ3n) is 4.66. The van der Waals surface area contributed by atoms with E-state index >= 15 is 0 Å². The average molecular weight is 296 g/mol. The van der Waals surface area contributed by atoms with Gasteiger partial charge in [-0.3, -0.25) is 0 Å². The highest BCUT2D eigenvalue weighted by molar-refractivity contribution is 5.46. The first-order chi connectivity index (χ1) is 10.7. The van der Waals surface area contributed by atoms with Crippen LogP contribution in [0.3, 0.4) is 0 Å². The molecule has 2 aromatic rings. The number of unbranched alkanes of at least 4 members (excludes halogenated alkanes) is 2. The van der Waals surface area contributed by atoms with Gasteiger partial charge in [0, 0.05) is 11.0 Å². The molecule has 0 aliphatic heterocycles. The molecule has 0 radical (unpaired) electrons. The fourth-order valence-electron chi connectivity index (χ4n) is 3.43. The summed E-state index contributed by atoms with van der Waals surface area (Å²) in [6.45, 7) is 4.47. The standard InChI is InChI=1S/C21H28O/c1-3-5-16-21(17-6-4-2,18-12-8-7-9-13-18)19-14-10-11-15-20(19)22/h7-15,22H,3-6,16-17H2,1-2H3. The number of phenols is 1. The molecule has 118 valence electrons. The Bertz CT molecular complexity index is 551. The van der Waals surface area contributed by atoms with Crippen molar-refractivity contribution in [3.8, 4) is 5.75 Å². The number of phenolic OH excluding ortho intramolecular Hbond substituents is 1. The summed E-state index contributed by atoms with van der Waals surface area (Å²) in [6.07, 6.45) is 6.87. The largest absolute Gasteiger partial charge is 0.508 e. The van der Waals surface area contributed by atoms with Crippen LogP contribution in [-0.4, -0.2) is 5.11 Å². The van der Waals surface area contributed by atoms with Gasteiger partial charge in [0.05, 0.1) is 0 Å². The molecule has 0 fully saturated rings. The van der Waals surface area contributed by atoms with Gasteiger partial charge in [-0.25, -0.2) is 0 Å². The van der Waals surface area contributed by atoms with Crippen LogP contribution < -0.4 is 0 Å². The van der Waals surface area contributed by atoms with Crippen LogP contribution in [0.1, 0.15) is 63.5 Å². The van der Waals surface area contributed by atoms with E-state index in [1.54, 1.807) is 0 Å². The Kier molecular flexibility index (Phi) is 6.06. The van der Waals surface area contributed by atoms with Crippen molar-refractivity contribution in [3.63, 3.8) is 0 Å². The van der Waals surface area contributed by atoms with Crippen LogP contribution in [0.15, 0.2) is 54.6 Å². The van der Waals surface area contributed by atoms with Gasteiger partial charge in [0.15, 0.2) is 0 Å². The van der Waals surface area contributed by atoms with Crippen LogP contribution in [0.5, 0.6) is 5.75 Å². The third kappa shape index (κ3) is 3.52. The highest BCUT2D eigenvalue weighted by Crippen LogP contribution is 2.44. The van der Waals surface area contributed by atoms with Gasteiger partial charge < -0.3 is 5.11 Å². The molecule has 0 atom stereocenters. The zero-order chi connectivity index (χ0) is 15.8. The predicted octanol–water partition coefficient (Wildman–Crippen LogP) is 6.06. The first-order valence-corrected chi connectivity index (χ1v) is 8.58. The Balaban J connectivity index is 2.56. The second kappa shape index (κ2) is 8.03. The van der Waals surface area contributed by atoms with Gasteiger partial charge in [-0.15, -0.1) is 0 Å². The monoisotopic (exact) mass is 296 g/mol. The number of aromatic hydroxyl groups is 1. The van der Waals surface area contributed by atoms with Crippen molar-refractivity contribution in [1.29, 1.82) is 0 Å². The number of hydrogen-bond acceptors (Lipinski definition) is 1. The predicted molar refractivity (Wildman–Crippen MR) is 94.4 cm³/mol. The molecule has 22 heavy (non-hydrogen) atoms. The molecule has 2 aromatic carbocycles. The highest BCUT2D eigenvalue weighted by Gasteiger charge is 2.34. The molecule has 0 aliphatic rings. The number of rotatable bonds is 8. The molecule has 0 saturated carbocycles. The fraction of sp³-hybridized carbons (Fsp3) is 0.429. The maximum Gasteiger partial charge on any atom is 0.119 e. The van der Waals surface area contributed by atoms with Crippen LogP contribution in [0.2, 0.25) is 0 Å². The minimum absolute atomic E-state index is 0.0708. The highest BCUT2D eigenvalue weighted by atomic mass is 16.3. The van der Waals surface area contributed by atoms with Crippen molar-refractivity contribution in [2.24, 2.45) is 0 Å². The minimum atomic E-state index is -0.0708. The van der Waals surface area contributed by atoms with Crippen molar-refractivity contribution in [2.45, 2.75) is 57.8 Å². The lowest BCUT2D eigenvalue weighted by Crippen LogP contribution is -2.28. The van der Waals surface area contributed by atoms with Crippen molar-refractivity contribution in [2.75, 3.05) is 0 Å². The van der Waals surface area contributed by atoms with Crippen LogP contribution in [0, 0.1) is 0 Å². The van der Waals surface area contributed by atoms with Crippen molar-refractivity contribution in [3.05, 3.63) is 65.7 Å². The SMILES string of the molecule is CCCCC(CCCC)(c1ccccc1)c1ccccc1O. The van der Waals surface area contributed by atoms with Gasteiger partial charge in [0.25, 0.3) is 0 Å². The van der Waals surface area contributed by atoms with E-state index in [0.717, 1.165) is 18.4 Å². The summed E-state index contributed by atoms with van der Waals surface area (Å²) in [5.41, 5.74) is 2.35. The van der Waals surface area contributed by atoms with Gasteiger partial charge >= 0.3 is 0 Å². The quantitative estimate of drug-likeness (QED) is 0.628. The Morgan fingerprint density at radius 2 is 1.32 bits per heavy atom. The van der Waals surface area contributed by atoms with Crippen LogP contribution in [-0.2, 0) is 5.41 Å². The smallest absolute Gasteiger partial charge is 0.119 e. The molecule has 0 aliphatic carbocycles. The minimum Gasteiger partial charge on any atom is -0.508 e. The topological polar surface area (TPSA) is 20.2 Å². The van der Waals surface area contributed by atoms with Gasteiger partial charge in [-0.05, 0) is 24.5 Å².